The van der Waals surface area contributed by atoms with Gasteiger partial charge in [-0.3, -0.25) is 14.6 Å². The van der Waals surface area contributed by atoms with Gasteiger partial charge in [0.2, 0.25) is 0 Å². The molecule has 32 heavy (non-hydrogen) atoms. The molecule has 3 atom stereocenters. The van der Waals surface area contributed by atoms with Gasteiger partial charge < -0.3 is 14.8 Å². The van der Waals surface area contributed by atoms with E-state index in [1.807, 2.05) is 6.92 Å². The highest BCUT2D eigenvalue weighted by Crippen LogP contribution is 2.49. The second kappa shape index (κ2) is 8.90. The third-order valence-corrected chi connectivity index (χ3v) is 5.99. The van der Waals surface area contributed by atoms with Crippen LogP contribution < -0.4 is 10.1 Å². The molecule has 3 rings (SSSR count). The fraction of sp³-hybridized carbons (Fsp3) is 0.435. The van der Waals surface area contributed by atoms with Gasteiger partial charge in [-0.15, -0.1) is 0 Å². The minimum absolute atomic E-state index is 0.187. The highest BCUT2D eigenvalue weighted by molar-refractivity contribution is 5.97. The number of carbonyl (C=O) groups is 2. The quantitative estimate of drug-likeness (QED) is 0.633. The SMILES string of the molecule is COc1c([C@H]2[C@H](C(=O)Nc3ccnc(C(C)=O)c3)OC(C)(C)[C@H]2C)ccc(C(F)F)c1F. The fourth-order valence-electron chi connectivity index (χ4n) is 3.99. The van der Waals surface area contributed by atoms with E-state index in [0.29, 0.717) is 5.69 Å². The predicted molar refractivity (Wildman–Crippen MR) is 112 cm³/mol. The molecule has 9 heteroatoms. The third-order valence-electron chi connectivity index (χ3n) is 5.99. The van der Waals surface area contributed by atoms with E-state index in [2.05, 4.69) is 10.3 Å². The summed E-state index contributed by atoms with van der Waals surface area (Å²) in [4.78, 5) is 28.7. The van der Waals surface area contributed by atoms with Crippen molar-refractivity contribution in [1.82, 2.24) is 4.98 Å². The van der Waals surface area contributed by atoms with Crippen LogP contribution in [0.1, 0.15) is 61.7 Å². The summed E-state index contributed by atoms with van der Waals surface area (Å²) in [7, 11) is 1.19. The monoisotopic (exact) mass is 450 g/mol. The van der Waals surface area contributed by atoms with Crippen molar-refractivity contribution in [3.63, 3.8) is 0 Å². The Morgan fingerprint density at radius 2 is 1.94 bits per heavy atom. The number of ether oxygens (including phenoxy) is 2. The summed E-state index contributed by atoms with van der Waals surface area (Å²) < 4.78 is 52.3. The Kier molecular flexibility index (Phi) is 6.59. The van der Waals surface area contributed by atoms with Gasteiger partial charge in [-0.25, -0.2) is 13.2 Å². The summed E-state index contributed by atoms with van der Waals surface area (Å²) in [5, 5.41) is 2.71. The Morgan fingerprint density at radius 3 is 2.53 bits per heavy atom. The van der Waals surface area contributed by atoms with Gasteiger partial charge in [0.1, 0.15) is 11.8 Å². The Morgan fingerprint density at radius 1 is 1.25 bits per heavy atom. The molecule has 0 radical (unpaired) electrons. The number of pyridine rings is 1. The topological polar surface area (TPSA) is 77.5 Å². The van der Waals surface area contributed by atoms with Gasteiger partial charge in [-0.05, 0) is 38.0 Å². The standard InChI is InChI=1S/C23H25F3N2O4/c1-11-17(14-6-7-15(21(25)26)18(24)19(14)31-5)20(32-23(11,3)4)22(30)28-13-8-9-27-16(10-13)12(2)29/h6-11,17,20-21H,1-5H3,(H,27,28,30)/t11-,17-,20+/m0/s1. The van der Waals surface area contributed by atoms with Crippen molar-refractivity contribution >= 4 is 17.4 Å². The van der Waals surface area contributed by atoms with Gasteiger partial charge in [0.25, 0.3) is 12.3 Å². The van der Waals surface area contributed by atoms with Crippen molar-refractivity contribution in [2.75, 3.05) is 12.4 Å². The van der Waals surface area contributed by atoms with Crippen molar-refractivity contribution in [3.8, 4) is 5.75 Å². The highest BCUT2D eigenvalue weighted by atomic mass is 19.3. The van der Waals surface area contributed by atoms with E-state index < -0.39 is 41.3 Å². The van der Waals surface area contributed by atoms with Crippen LogP contribution in [-0.4, -0.2) is 35.5 Å². The number of anilines is 1. The summed E-state index contributed by atoms with van der Waals surface area (Å²) in [5.41, 5.74) is -0.733. The molecule has 2 heterocycles. The summed E-state index contributed by atoms with van der Waals surface area (Å²) in [5.74, 6) is -3.22. The zero-order valence-electron chi connectivity index (χ0n) is 18.4. The maximum atomic E-state index is 14.8. The summed E-state index contributed by atoms with van der Waals surface area (Å²) in [6.45, 7) is 6.80. The van der Waals surface area contributed by atoms with Gasteiger partial charge in [0, 0.05) is 30.3 Å². The van der Waals surface area contributed by atoms with E-state index in [0.717, 1.165) is 6.07 Å². The molecule has 1 aliphatic rings. The average Bonchev–Trinajstić information content (AvgIpc) is 2.97. The molecule has 6 nitrogen and oxygen atoms in total. The number of methoxy groups -OCH3 is 1. The van der Waals surface area contributed by atoms with Crippen molar-refractivity contribution in [1.29, 1.82) is 0 Å². The molecular weight excluding hydrogens is 425 g/mol. The largest absolute Gasteiger partial charge is 0.493 e. The van der Waals surface area contributed by atoms with E-state index in [1.165, 1.54) is 38.4 Å². The minimum Gasteiger partial charge on any atom is -0.493 e. The number of amides is 1. The number of Topliss-reactive ketones (excluding diaryl/α,β-unsaturated/α-hetero) is 1. The normalized spacial score (nSPS) is 22.1. The maximum absolute atomic E-state index is 14.8. The molecule has 2 aromatic rings. The number of rotatable bonds is 6. The molecular formula is C23H25F3N2O4. The van der Waals surface area contributed by atoms with E-state index in [-0.39, 0.29) is 28.7 Å². The summed E-state index contributed by atoms with van der Waals surface area (Å²) in [6.07, 6.45) is -2.67. The molecule has 172 valence electrons. The Bertz CT molecular complexity index is 1040. The minimum atomic E-state index is -3.01. The number of hydrogen-bond acceptors (Lipinski definition) is 5. The predicted octanol–water partition coefficient (Wildman–Crippen LogP) is 4.91. The molecule has 1 aliphatic heterocycles. The Labute approximate surface area is 184 Å². The van der Waals surface area contributed by atoms with Gasteiger partial charge in [-0.2, -0.15) is 0 Å². The van der Waals surface area contributed by atoms with Gasteiger partial charge in [0.15, 0.2) is 17.3 Å². The van der Waals surface area contributed by atoms with Crippen LogP contribution in [0.15, 0.2) is 30.5 Å². The van der Waals surface area contributed by atoms with Crippen LogP contribution in [-0.2, 0) is 9.53 Å². The maximum Gasteiger partial charge on any atom is 0.266 e. The van der Waals surface area contributed by atoms with Crippen LogP contribution >= 0.6 is 0 Å². The average molecular weight is 450 g/mol. The lowest BCUT2D eigenvalue weighted by molar-refractivity contribution is -0.131. The molecule has 0 unspecified atom stereocenters. The van der Waals surface area contributed by atoms with Crippen molar-refractivity contribution in [2.45, 2.75) is 51.7 Å². The Hall–Kier alpha value is -2.94. The number of alkyl halides is 2. The van der Waals surface area contributed by atoms with Crippen LogP contribution in [0.4, 0.5) is 18.9 Å². The summed E-state index contributed by atoms with van der Waals surface area (Å²) in [6, 6.07) is 5.33. The van der Waals surface area contributed by atoms with Gasteiger partial charge >= 0.3 is 0 Å². The van der Waals surface area contributed by atoms with Crippen molar-refractivity contribution in [2.24, 2.45) is 5.92 Å². The van der Waals surface area contributed by atoms with Crippen LogP contribution in [0, 0.1) is 11.7 Å². The second-order valence-corrected chi connectivity index (χ2v) is 8.32. The summed E-state index contributed by atoms with van der Waals surface area (Å²) >= 11 is 0. The molecule has 1 fully saturated rings. The van der Waals surface area contributed by atoms with E-state index in [4.69, 9.17) is 9.47 Å². The molecule has 0 aliphatic carbocycles. The lowest BCUT2D eigenvalue weighted by Crippen LogP contribution is -2.33. The fourth-order valence-corrected chi connectivity index (χ4v) is 3.99. The van der Waals surface area contributed by atoms with E-state index >= 15 is 0 Å². The lowest BCUT2D eigenvalue weighted by Gasteiger charge is -2.26. The van der Waals surface area contributed by atoms with Crippen molar-refractivity contribution < 1.29 is 32.2 Å². The van der Waals surface area contributed by atoms with Crippen molar-refractivity contribution in [3.05, 3.63) is 53.1 Å². The first-order valence-electron chi connectivity index (χ1n) is 10.1. The van der Waals surface area contributed by atoms with Gasteiger partial charge in [0.05, 0.1) is 18.3 Å². The molecule has 0 spiro atoms. The number of carbonyl (C=O) groups excluding carboxylic acids is 2. The first kappa shape index (κ1) is 23.7. The second-order valence-electron chi connectivity index (χ2n) is 8.32. The van der Waals surface area contributed by atoms with E-state index in [1.54, 1.807) is 13.8 Å². The molecule has 1 N–H and O–H groups in total. The number of hydrogen-bond donors (Lipinski definition) is 1. The number of benzene rings is 1. The Balaban J connectivity index is 2.01. The van der Waals surface area contributed by atoms with E-state index in [9.17, 15) is 22.8 Å². The zero-order valence-corrected chi connectivity index (χ0v) is 18.4. The smallest absolute Gasteiger partial charge is 0.266 e. The highest BCUT2D eigenvalue weighted by Gasteiger charge is 2.51. The number of halogens is 3. The zero-order chi connectivity index (χ0) is 23.8. The lowest BCUT2D eigenvalue weighted by atomic mass is 9.77. The number of nitrogens with zero attached hydrogens (tertiary/aromatic N) is 1. The number of nitrogens with one attached hydrogen (secondary N) is 1. The van der Waals surface area contributed by atoms with Crippen LogP contribution in [0.5, 0.6) is 5.75 Å². The number of aromatic nitrogens is 1. The molecule has 0 bridgehead atoms. The molecule has 1 saturated heterocycles. The third kappa shape index (κ3) is 4.34. The molecule has 0 saturated carbocycles. The molecule has 1 aromatic heterocycles. The van der Waals surface area contributed by atoms with Crippen LogP contribution in [0.25, 0.3) is 0 Å². The van der Waals surface area contributed by atoms with Crippen LogP contribution in [0.2, 0.25) is 0 Å². The van der Waals surface area contributed by atoms with Crippen LogP contribution in [0.3, 0.4) is 0 Å². The first-order chi connectivity index (χ1) is 15.0. The molecule has 1 aromatic carbocycles. The first-order valence-corrected chi connectivity index (χ1v) is 10.1. The number of ketones is 1. The molecule has 1 amide bonds. The van der Waals surface area contributed by atoms with Gasteiger partial charge in [-0.1, -0.05) is 13.0 Å².